The van der Waals surface area contributed by atoms with E-state index in [1.807, 2.05) is 39.4 Å². The van der Waals surface area contributed by atoms with Gasteiger partial charge in [-0.1, -0.05) is 157 Å². The van der Waals surface area contributed by atoms with Gasteiger partial charge in [-0.3, -0.25) is 9.36 Å². The Labute approximate surface area is 337 Å². The number of carbonyl (C=O) groups is 1. The molecule has 0 amide bonds. The number of phosphoric acid groups is 1. The van der Waals surface area contributed by atoms with Crippen LogP contribution in [-0.4, -0.2) is 64.1 Å². The maximum Gasteiger partial charge on any atom is 0.306 e. The van der Waals surface area contributed by atoms with Crippen LogP contribution in [0.2, 0.25) is 0 Å². The van der Waals surface area contributed by atoms with Gasteiger partial charge in [0.15, 0.2) is 6.10 Å². The number of hydrogen-bond acceptors (Lipinski definition) is 7. The van der Waals surface area contributed by atoms with E-state index in [4.69, 9.17) is 18.5 Å². The number of allylic oxidation sites excluding steroid dienone is 13. The second kappa shape index (κ2) is 38.4. The fourth-order valence-corrected chi connectivity index (χ4v) is 5.97. The van der Waals surface area contributed by atoms with Crippen LogP contribution in [0, 0.1) is 0 Å². The molecule has 316 valence electrons. The Morgan fingerprint density at radius 3 is 1.56 bits per heavy atom. The number of hydrogen-bond donors (Lipinski definition) is 0. The molecule has 55 heavy (non-hydrogen) atoms. The predicted octanol–water partition coefficient (Wildman–Crippen LogP) is 12.2. The predicted molar refractivity (Wildman–Crippen MR) is 231 cm³/mol. The molecule has 0 bridgehead atoms. The molecule has 0 N–H and O–H groups in total. The van der Waals surface area contributed by atoms with Gasteiger partial charge in [-0.05, 0) is 63.9 Å². The average Bonchev–Trinajstić information content (AvgIpc) is 3.13. The summed E-state index contributed by atoms with van der Waals surface area (Å²) in [4.78, 5) is 25.0. The lowest BCUT2D eigenvalue weighted by Crippen LogP contribution is -2.37. The van der Waals surface area contributed by atoms with Crippen molar-refractivity contribution in [2.75, 3.05) is 47.5 Å². The third kappa shape index (κ3) is 42.5. The monoisotopic (exact) mass is 790 g/mol. The third-order valence-corrected chi connectivity index (χ3v) is 9.50. The first-order chi connectivity index (χ1) is 26.6. The van der Waals surface area contributed by atoms with Gasteiger partial charge in [-0.2, -0.15) is 0 Å². The van der Waals surface area contributed by atoms with Crippen molar-refractivity contribution in [1.82, 2.24) is 0 Å². The van der Waals surface area contributed by atoms with Crippen LogP contribution in [0.25, 0.3) is 0 Å². The lowest BCUT2D eigenvalue weighted by Gasteiger charge is -2.28. The Bertz CT molecular complexity index is 1150. The standard InChI is InChI=1S/C46H80NO7P/c1-6-8-10-12-14-16-18-20-22-23-24-25-26-27-29-31-33-35-37-39-46(48)54-45(44-53-55(49,50)52-42-40-47(3,4)5)43-51-41-38-36-34-32-30-28-21-19-17-15-13-11-9-7-2/h8,10,14,16,20,22,24-25,27,29,33,35,38,41,45H,6-7,9,11-13,15,17-19,21,23,26,28,30-32,34,36-37,39-40,42-44H2,1-5H3/b10-8-,16-14-,22-20-,25-24-,29-27-,35-33-,41-38+. The maximum absolute atomic E-state index is 12.6. The zero-order valence-electron chi connectivity index (χ0n) is 35.6. The fourth-order valence-electron chi connectivity index (χ4n) is 5.24. The Balaban J connectivity index is 4.46. The van der Waals surface area contributed by atoms with Crippen molar-refractivity contribution in [1.29, 1.82) is 0 Å². The highest BCUT2D eigenvalue weighted by atomic mass is 31.2. The van der Waals surface area contributed by atoms with Gasteiger partial charge in [-0.15, -0.1) is 0 Å². The van der Waals surface area contributed by atoms with Gasteiger partial charge < -0.3 is 27.9 Å². The average molecular weight is 790 g/mol. The summed E-state index contributed by atoms with van der Waals surface area (Å²) >= 11 is 0. The van der Waals surface area contributed by atoms with Crippen molar-refractivity contribution >= 4 is 13.8 Å². The summed E-state index contributed by atoms with van der Waals surface area (Å²) in [5, 5.41) is 0. The fraction of sp³-hybridized carbons (Fsp3) is 0.674. The minimum atomic E-state index is -4.56. The van der Waals surface area contributed by atoms with Crippen LogP contribution in [0.15, 0.2) is 85.3 Å². The first-order valence-electron chi connectivity index (χ1n) is 21.4. The van der Waals surface area contributed by atoms with Crippen molar-refractivity contribution in [2.24, 2.45) is 0 Å². The van der Waals surface area contributed by atoms with Crippen LogP contribution in [0.3, 0.4) is 0 Å². The maximum atomic E-state index is 12.6. The van der Waals surface area contributed by atoms with Crippen LogP contribution in [0.4, 0.5) is 0 Å². The number of esters is 1. The molecule has 0 aromatic carbocycles. The number of unbranched alkanes of at least 4 members (excludes halogenated alkanes) is 12. The van der Waals surface area contributed by atoms with Gasteiger partial charge in [0.25, 0.3) is 7.82 Å². The third-order valence-electron chi connectivity index (χ3n) is 8.54. The molecule has 2 unspecified atom stereocenters. The minimum Gasteiger partial charge on any atom is -0.756 e. The molecule has 0 fully saturated rings. The Morgan fingerprint density at radius 2 is 1.07 bits per heavy atom. The molecule has 0 spiro atoms. The zero-order chi connectivity index (χ0) is 40.6. The Hall–Kier alpha value is -2.48. The lowest BCUT2D eigenvalue weighted by atomic mass is 10.0. The van der Waals surface area contributed by atoms with E-state index in [1.165, 1.54) is 70.6 Å². The van der Waals surface area contributed by atoms with Crippen molar-refractivity contribution in [3.05, 3.63) is 85.3 Å². The van der Waals surface area contributed by atoms with Gasteiger partial charge in [0.2, 0.25) is 0 Å². The van der Waals surface area contributed by atoms with E-state index in [0.717, 1.165) is 51.4 Å². The Morgan fingerprint density at radius 1 is 0.600 bits per heavy atom. The van der Waals surface area contributed by atoms with Crippen LogP contribution in [-0.2, 0) is 27.9 Å². The van der Waals surface area contributed by atoms with Gasteiger partial charge in [0.05, 0.1) is 34.0 Å². The molecule has 0 radical (unpaired) electrons. The molecule has 0 aromatic heterocycles. The normalized spacial score (nSPS) is 14.6. The summed E-state index contributed by atoms with van der Waals surface area (Å²) in [6, 6.07) is 0. The highest BCUT2D eigenvalue weighted by molar-refractivity contribution is 7.45. The molecular weight excluding hydrogens is 709 g/mol. The van der Waals surface area contributed by atoms with E-state index in [-0.39, 0.29) is 26.2 Å². The van der Waals surface area contributed by atoms with Gasteiger partial charge in [0.1, 0.15) is 19.8 Å². The van der Waals surface area contributed by atoms with E-state index in [0.29, 0.717) is 17.4 Å². The molecule has 9 heteroatoms. The number of likely N-dealkylation sites (N-methyl/N-ethyl adjacent to an activating group) is 1. The molecule has 0 saturated carbocycles. The molecule has 0 aliphatic rings. The molecule has 0 aromatic rings. The molecule has 0 heterocycles. The van der Waals surface area contributed by atoms with Crippen LogP contribution < -0.4 is 4.89 Å². The molecule has 2 atom stereocenters. The van der Waals surface area contributed by atoms with Crippen LogP contribution >= 0.6 is 7.82 Å². The largest absolute Gasteiger partial charge is 0.756 e. The summed E-state index contributed by atoms with van der Waals surface area (Å²) in [5.74, 6) is -0.441. The molecule has 0 saturated heterocycles. The van der Waals surface area contributed by atoms with Crippen LogP contribution in [0.1, 0.15) is 149 Å². The zero-order valence-corrected chi connectivity index (χ0v) is 36.5. The van der Waals surface area contributed by atoms with Gasteiger partial charge >= 0.3 is 5.97 Å². The molecule has 0 rings (SSSR count). The molecular formula is C46H80NO7P. The SMILES string of the molecule is CC/C=C\C/C=C\C/C=C\C/C=C\C/C=C\C/C=C\CCC(=O)OC(CO/C=C/CCCCCCCCCCCCCC)COP(=O)([O-])OCC[N+](C)(C)C. The number of carbonyl (C=O) groups excluding carboxylic acids is 1. The molecule has 0 aliphatic carbocycles. The molecule has 8 nitrogen and oxygen atoms in total. The second-order valence-electron chi connectivity index (χ2n) is 15.0. The van der Waals surface area contributed by atoms with Crippen molar-refractivity contribution in [3.8, 4) is 0 Å². The quantitative estimate of drug-likeness (QED) is 0.0153. The molecule has 0 aliphatic heterocycles. The summed E-state index contributed by atoms with van der Waals surface area (Å²) in [5.41, 5.74) is 0. The topological polar surface area (TPSA) is 94.1 Å². The van der Waals surface area contributed by atoms with E-state index in [9.17, 15) is 14.3 Å². The van der Waals surface area contributed by atoms with Crippen LogP contribution in [0.5, 0.6) is 0 Å². The number of rotatable bonds is 38. The highest BCUT2D eigenvalue weighted by Gasteiger charge is 2.20. The van der Waals surface area contributed by atoms with E-state index in [2.05, 4.69) is 74.6 Å². The summed E-state index contributed by atoms with van der Waals surface area (Å²) < 4.78 is 34.2. The highest BCUT2D eigenvalue weighted by Crippen LogP contribution is 2.38. The summed E-state index contributed by atoms with van der Waals surface area (Å²) in [6.07, 6.45) is 51.3. The number of ether oxygens (including phenoxy) is 2. The van der Waals surface area contributed by atoms with E-state index >= 15 is 0 Å². The van der Waals surface area contributed by atoms with E-state index < -0.39 is 19.9 Å². The van der Waals surface area contributed by atoms with Gasteiger partial charge in [-0.25, -0.2) is 0 Å². The summed E-state index contributed by atoms with van der Waals surface area (Å²) in [7, 11) is 1.27. The summed E-state index contributed by atoms with van der Waals surface area (Å²) in [6.45, 7) is 4.51. The first-order valence-corrected chi connectivity index (χ1v) is 22.8. The van der Waals surface area contributed by atoms with Crippen molar-refractivity contribution in [2.45, 2.75) is 155 Å². The Kier molecular flexibility index (Phi) is 36.7. The second-order valence-corrected chi connectivity index (χ2v) is 16.4. The first kappa shape index (κ1) is 52.5. The van der Waals surface area contributed by atoms with Crippen molar-refractivity contribution < 1.29 is 37.3 Å². The lowest BCUT2D eigenvalue weighted by molar-refractivity contribution is -0.870. The van der Waals surface area contributed by atoms with Gasteiger partial charge in [0, 0.05) is 6.42 Å². The minimum absolute atomic E-state index is 0.000941. The van der Waals surface area contributed by atoms with Crippen molar-refractivity contribution in [3.63, 3.8) is 0 Å². The number of phosphoric ester groups is 1. The smallest absolute Gasteiger partial charge is 0.306 e. The number of quaternary nitrogens is 1. The number of nitrogens with zero attached hydrogens (tertiary/aromatic N) is 1. The van der Waals surface area contributed by atoms with E-state index in [1.54, 1.807) is 6.26 Å².